The van der Waals surface area contributed by atoms with Gasteiger partial charge in [-0.1, -0.05) is 13.8 Å². The molecule has 1 atom stereocenters. The van der Waals surface area contributed by atoms with Crippen molar-refractivity contribution in [3.63, 3.8) is 0 Å². The first-order valence-corrected chi connectivity index (χ1v) is 6.31. The van der Waals surface area contributed by atoms with Crippen molar-refractivity contribution in [3.05, 3.63) is 0 Å². The molecule has 2 amide bonds. The first-order valence-electron chi connectivity index (χ1n) is 6.31. The van der Waals surface area contributed by atoms with E-state index in [4.69, 9.17) is 5.73 Å². The third-order valence-electron chi connectivity index (χ3n) is 2.93. The van der Waals surface area contributed by atoms with Gasteiger partial charge >= 0.3 is 0 Å². The van der Waals surface area contributed by atoms with Crippen molar-refractivity contribution in [2.75, 3.05) is 19.6 Å². The summed E-state index contributed by atoms with van der Waals surface area (Å²) in [5, 5.41) is 2.61. The van der Waals surface area contributed by atoms with Crippen LogP contribution in [-0.2, 0) is 9.59 Å². The van der Waals surface area contributed by atoms with E-state index < -0.39 is 6.04 Å². The Labute approximate surface area is 103 Å². The molecule has 5 nitrogen and oxygen atoms in total. The average Bonchev–Trinajstić information content (AvgIpc) is 2.77. The average molecular weight is 241 g/mol. The summed E-state index contributed by atoms with van der Waals surface area (Å²) < 4.78 is 0. The monoisotopic (exact) mass is 241 g/mol. The molecule has 3 N–H and O–H groups in total. The summed E-state index contributed by atoms with van der Waals surface area (Å²) in [5.41, 5.74) is 5.72. The quantitative estimate of drug-likeness (QED) is 0.716. The number of likely N-dealkylation sites (tertiary alicyclic amines) is 1. The van der Waals surface area contributed by atoms with Gasteiger partial charge in [0.25, 0.3) is 0 Å². The van der Waals surface area contributed by atoms with Gasteiger partial charge in [-0.3, -0.25) is 9.59 Å². The van der Waals surface area contributed by atoms with Gasteiger partial charge < -0.3 is 16.0 Å². The van der Waals surface area contributed by atoms with E-state index in [1.54, 1.807) is 4.90 Å². The summed E-state index contributed by atoms with van der Waals surface area (Å²) in [7, 11) is 0. The molecule has 0 aliphatic carbocycles. The summed E-state index contributed by atoms with van der Waals surface area (Å²) in [4.78, 5) is 25.0. The highest BCUT2D eigenvalue weighted by Crippen LogP contribution is 2.07. The lowest BCUT2D eigenvalue weighted by Crippen LogP contribution is -2.45. The first kappa shape index (κ1) is 14.0. The van der Waals surface area contributed by atoms with Crippen LogP contribution in [0.4, 0.5) is 0 Å². The largest absolute Gasteiger partial charge is 0.346 e. The highest BCUT2D eigenvalue weighted by Gasteiger charge is 2.20. The zero-order chi connectivity index (χ0) is 12.8. The number of carbonyl (C=O) groups excluding carboxylic acids is 2. The highest BCUT2D eigenvalue weighted by atomic mass is 16.2. The molecule has 1 heterocycles. The zero-order valence-electron chi connectivity index (χ0n) is 10.7. The molecule has 1 rings (SSSR count). The second-order valence-corrected chi connectivity index (χ2v) is 5.04. The maximum atomic E-state index is 11.7. The van der Waals surface area contributed by atoms with Gasteiger partial charge in [0.2, 0.25) is 11.8 Å². The van der Waals surface area contributed by atoms with E-state index in [1.165, 1.54) is 0 Å². The molecule has 1 fully saturated rings. The van der Waals surface area contributed by atoms with E-state index >= 15 is 0 Å². The summed E-state index contributed by atoms with van der Waals surface area (Å²) >= 11 is 0. The van der Waals surface area contributed by atoms with Crippen molar-refractivity contribution in [1.29, 1.82) is 0 Å². The molecule has 1 saturated heterocycles. The van der Waals surface area contributed by atoms with Crippen LogP contribution in [0.5, 0.6) is 0 Å². The zero-order valence-corrected chi connectivity index (χ0v) is 10.7. The minimum absolute atomic E-state index is 0.00685. The van der Waals surface area contributed by atoms with Crippen LogP contribution >= 0.6 is 0 Å². The third-order valence-corrected chi connectivity index (χ3v) is 2.93. The topological polar surface area (TPSA) is 75.4 Å². The van der Waals surface area contributed by atoms with E-state index in [0.29, 0.717) is 12.3 Å². The first-order chi connectivity index (χ1) is 8.00. The molecule has 0 aromatic carbocycles. The van der Waals surface area contributed by atoms with Crippen LogP contribution in [0.3, 0.4) is 0 Å². The standard InChI is InChI=1S/C12H23N3O2/c1-9(2)7-10(13)12(17)14-8-11(16)15-5-3-4-6-15/h9-10H,3-8,13H2,1-2H3,(H,14,17)/t10-/m0/s1. The fraction of sp³-hybridized carbons (Fsp3) is 0.833. The molecule has 98 valence electrons. The Morgan fingerprint density at radius 2 is 1.88 bits per heavy atom. The van der Waals surface area contributed by atoms with Gasteiger partial charge in [-0.15, -0.1) is 0 Å². The molecule has 0 bridgehead atoms. The summed E-state index contributed by atoms with van der Waals surface area (Å²) in [6.07, 6.45) is 2.77. The predicted molar refractivity (Wildman–Crippen MR) is 66.3 cm³/mol. The Kier molecular flexibility index (Phi) is 5.41. The van der Waals surface area contributed by atoms with E-state index in [0.717, 1.165) is 25.9 Å². The van der Waals surface area contributed by atoms with Crippen LogP contribution in [0.25, 0.3) is 0 Å². The molecular weight excluding hydrogens is 218 g/mol. The number of amides is 2. The fourth-order valence-electron chi connectivity index (χ4n) is 1.99. The second-order valence-electron chi connectivity index (χ2n) is 5.04. The van der Waals surface area contributed by atoms with Crippen molar-refractivity contribution < 1.29 is 9.59 Å². The maximum Gasteiger partial charge on any atom is 0.241 e. The van der Waals surface area contributed by atoms with Gasteiger partial charge in [0.1, 0.15) is 0 Å². The number of nitrogens with two attached hydrogens (primary N) is 1. The van der Waals surface area contributed by atoms with Gasteiger partial charge in [0.15, 0.2) is 0 Å². The second kappa shape index (κ2) is 6.59. The molecule has 0 unspecified atom stereocenters. The van der Waals surface area contributed by atoms with Crippen molar-refractivity contribution in [3.8, 4) is 0 Å². The molecule has 5 heteroatoms. The van der Waals surface area contributed by atoms with Crippen LogP contribution in [-0.4, -0.2) is 42.4 Å². The Morgan fingerprint density at radius 3 is 2.41 bits per heavy atom. The minimum Gasteiger partial charge on any atom is -0.346 e. The van der Waals surface area contributed by atoms with Gasteiger partial charge in [-0.25, -0.2) is 0 Å². The normalized spacial score (nSPS) is 17.3. The number of nitrogens with zero attached hydrogens (tertiary/aromatic N) is 1. The molecule has 0 saturated carbocycles. The Balaban J connectivity index is 2.24. The molecule has 0 spiro atoms. The summed E-state index contributed by atoms with van der Waals surface area (Å²) in [6, 6.07) is -0.513. The Bertz CT molecular complexity index is 273. The molecule has 17 heavy (non-hydrogen) atoms. The lowest BCUT2D eigenvalue weighted by atomic mass is 10.0. The van der Waals surface area contributed by atoms with Crippen LogP contribution in [0.15, 0.2) is 0 Å². The summed E-state index contributed by atoms with van der Waals surface area (Å²) in [6.45, 7) is 5.73. The number of nitrogens with one attached hydrogen (secondary N) is 1. The predicted octanol–water partition coefficient (Wildman–Crippen LogP) is 0.0984. The third kappa shape index (κ3) is 4.73. The van der Waals surface area contributed by atoms with Crippen molar-refractivity contribution in [2.24, 2.45) is 11.7 Å². The van der Waals surface area contributed by atoms with Crippen LogP contribution in [0.1, 0.15) is 33.1 Å². The Hall–Kier alpha value is -1.10. The van der Waals surface area contributed by atoms with E-state index in [-0.39, 0.29) is 18.4 Å². The number of rotatable bonds is 5. The molecule has 1 aliphatic rings. The smallest absolute Gasteiger partial charge is 0.241 e. The highest BCUT2D eigenvalue weighted by molar-refractivity contribution is 5.87. The molecule has 0 radical (unpaired) electrons. The fourth-order valence-corrected chi connectivity index (χ4v) is 1.99. The summed E-state index contributed by atoms with van der Waals surface area (Å²) in [5.74, 6) is 0.142. The lowest BCUT2D eigenvalue weighted by Gasteiger charge is -2.17. The van der Waals surface area contributed by atoms with Crippen LogP contribution < -0.4 is 11.1 Å². The maximum absolute atomic E-state index is 11.7. The van der Waals surface area contributed by atoms with Gasteiger partial charge in [0, 0.05) is 13.1 Å². The van der Waals surface area contributed by atoms with E-state index in [2.05, 4.69) is 5.32 Å². The molecule has 0 aromatic heterocycles. The van der Waals surface area contributed by atoms with Crippen LogP contribution in [0, 0.1) is 5.92 Å². The molecular formula is C12H23N3O2. The van der Waals surface area contributed by atoms with Gasteiger partial charge in [0.05, 0.1) is 12.6 Å². The van der Waals surface area contributed by atoms with Crippen molar-refractivity contribution in [2.45, 2.75) is 39.2 Å². The van der Waals surface area contributed by atoms with E-state index in [9.17, 15) is 9.59 Å². The van der Waals surface area contributed by atoms with Crippen molar-refractivity contribution in [1.82, 2.24) is 10.2 Å². The SMILES string of the molecule is CC(C)C[C@H](N)C(=O)NCC(=O)N1CCCC1. The minimum atomic E-state index is -0.513. The Morgan fingerprint density at radius 1 is 1.29 bits per heavy atom. The number of carbonyl (C=O) groups is 2. The van der Waals surface area contributed by atoms with Gasteiger partial charge in [-0.05, 0) is 25.2 Å². The lowest BCUT2D eigenvalue weighted by molar-refractivity contribution is -0.132. The molecule has 0 aromatic rings. The van der Waals surface area contributed by atoms with Crippen molar-refractivity contribution >= 4 is 11.8 Å². The molecule has 1 aliphatic heterocycles. The van der Waals surface area contributed by atoms with Crippen LogP contribution in [0.2, 0.25) is 0 Å². The van der Waals surface area contributed by atoms with E-state index in [1.807, 2.05) is 13.8 Å². The van der Waals surface area contributed by atoms with Gasteiger partial charge in [-0.2, -0.15) is 0 Å². The number of hydrogen-bond acceptors (Lipinski definition) is 3. The number of hydrogen-bond donors (Lipinski definition) is 2.